The highest BCUT2D eigenvalue weighted by molar-refractivity contribution is 6.25. The molecule has 240 valence electrons. The lowest BCUT2D eigenvalue weighted by molar-refractivity contribution is 0.746. The Labute approximate surface area is 300 Å². The molecule has 0 saturated carbocycles. The van der Waals surface area contributed by atoms with E-state index in [1.54, 1.807) is 0 Å². The molecule has 0 saturated heterocycles. The van der Waals surface area contributed by atoms with Gasteiger partial charge in [0.25, 0.3) is 0 Å². The van der Waals surface area contributed by atoms with Gasteiger partial charge in [-0.15, -0.1) is 0 Å². The third kappa shape index (κ3) is 3.46. The molecule has 2 heterocycles. The summed E-state index contributed by atoms with van der Waals surface area (Å²) in [7, 11) is 0. The number of hydrogen-bond acceptors (Lipinski definition) is 1. The van der Waals surface area contributed by atoms with E-state index in [-0.39, 0.29) is 0 Å². The van der Waals surface area contributed by atoms with Gasteiger partial charge in [-0.05, 0) is 101 Å². The van der Waals surface area contributed by atoms with Crippen molar-refractivity contribution in [2.45, 2.75) is 5.41 Å². The van der Waals surface area contributed by atoms with E-state index in [1.165, 1.54) is 88.0 Å². The lowest BCUT2D eigenvalue weighted by Gasteiger charge is -2.39. The molecule has 52 heavy (non-hydrogen) atoms. The maximum atomic E-state index is 5.32. The van der Waals surface area contributed by atoms with E-state index in [1.807, 2.05) is 0 Å². The summed E-state index contributed by atoms with van der Waals surface area (Å²) in [5.74, 6) is 0.974. The first kappa shape index (κ1) is 28.0. The van der Waals surface area contributed by atoms with Crippen LogP contribution in [0.2, 0.25) is 0 Å². The number of benzene rings is 9. The molecule has 0 radical (unpaired) electrons. The number of imidazole rings is 1. The van der Waals surface area contributed by atoms with Crippen molar-refractivity contribution in [1.82, 2.24) is 9.55 Å². The summed E-state index contributed by atoms with van der Waals surface area (Å²) in [6.45, 7) is 0. The largest absolute Gasteiger partial charge is 0.292 e. The Kier molecular flexibility index (Phi) is 5.46. The fraction of sp³-hybridized carbons (Fsp3) is 0.0200. The number of rotatable bonds is 2. The molecule has 2 nitrogen and oxygen atoms in total. The van der Waals surface area contributed by atoms with Gasteiger partial charge in [0.2, 0.25) is 0 Å². The quantitative estimate of drug-likeness (QED) is 0.169. The van der Waals surface area contributed by atoms with Crippen LogP contribution in [-0.2, 0) is 5.41 Å². The minimum Gasteiger partial charge on any atom is -0.292 e. The van der Waals surface area contributed by atoms with Crippen LogP contribution in [0.15, 0.2) is 182 Å². The number of aromatic nitrogens is 2. The molecule has 2 heteroatoms. The Bertz CT molecular complexity index is 3100. The van der Waals surface area contributed by atoms with Crippen LogP contribution in [0.25, 0.3) is 82.7 Å². The Morgan fingerprint density at radius 3 is 1.73 bits per heavy atom. The molecule has 1 spiro atoms. The monoisotopic (exact) mass is 658 g/mol. The average Bonchev–Trinajstić information content (AvgIpc) is 3.75. The second-order valence-corrected chi connectivity index (χ2v) is 14.2. The standard InChI is InChI=1S/C50H30N2/c1-2-13-31(14-3-1)49-51-46-23-12-22-44-48(46)52(49)47-24-11-10-21-43(47)50(44)42-20-9-8-19-39(42)40-28-26-33(30-45(40)50)32-25-27-38-36-17-5-4-15-34(36)35-16-6-7-18-37(35)41(38)29-32/h1-30H. The molecular formula is C50H30N2. The minimum absolute atomic E-state index is 0.512. The summed E-state index contributed by atoms with van der Waals surface area (Å²) in [4.78, 5) is 5.32. The first-order valence-corrected chi connectivity index (χ1v) is 18.1. The molecule has 10 aromatic rings. The van der Waals surface area contributed by atoms with Gasteiger partial charge in [0.1, 0.15) is 5.82 Å². The molecule has 9 aromatic carbocycles. The van der Waals surface area contributed by atoms with Crippen molar-refractivity contribution in [3.05, 3.63) is 204 Å². The maximum absolute atomic E-state index is 5.32. The molecule has 1 atom stereocenters. The third-order valence-corrected chi connectivity index (χ3v) is 11.8. The number of nitrogens with zero attached hydrogens (tertiary/aromatic N) is 2. The van der Waals surface area contributed by atoms with E-state index in [9.17, 15) is 0 Å². The summed E-state index contributed by atoms with van der Waals surface area (Å²) in [5, 5.41) is 7.76. The highest BCUT2D eigenvalue weighted by Crippen LogP contribution is 2.61. The van der Waals surface area contributed by atoms with Gasteiger partial charge in [-0.3, -0.25) is 4.57 Å². The topological polar surface area (TPSA) is 17.8 Å². The summed E-state index contributed by atoms with van der Waals surface area (Å²) in [6, 6.07) is 67.2. The average molecular weight is 659 g/mol. The van der Waals surface area contributed by atoms with E-state index >= 15 is 0 Å². The van der Waals surface area contributed by atoms with Gasteiger partial charge >= 0.3 is 0 Å². The lowest BCUT2D eigenvalue weighted by Crippen LogP contribution is -2.33. The normalized spacial score (nSPS) is 15.4. The van der Waals surface area contributed by atoms with Gasteiger partial charge < -0.3 is 0 Å². The molecule has 2 aliphatic rings. The van der Waals surface area contributed by atoms with E-state index < -0.39 is 5.41 Å². The molecule has 0 N–H and O–H groups in total. The molecule has 1 aliphatic carbocycles. The van der Waals surface area contributed by atoms with Crippen molar-refractivity contribution in [1.29, 1.82) is 0 Å². The maximum Gasteiger partial charge on any atom is 0.145 e. The van der Waals surface area contributed by atoms with E-state index in [2.05, 4.69) is 187 Å². The fourth-order valence-electron chi connectivity index (χ4n) is 9.70. The Hall–Kier alpha value is -6.77. The van der Waals surface area contributed by atoms with E-state index in [0.717, 1.165) is 16.9 Å². The highest BCUT2D eigenvalue weighted by atomic mass is 15.1. The highest BCUT2D eigenvalue weighted by Gasteiger charge is 2.51. The molecular weight excluding hydrogens is 629 g/mol. The lowest BCUT2D eigenvalue weighted by atomic mass is 9.65. The molecule has 1 aliphatic heterocycles. The van der Waals surface area contributed by atoms with Crippen LogP contribution in [-0.4, -0.2) is 9.55 Å². The second kappa shape index (κ2) is 10.2. The summed E-state index contributed by atoms with van der Waals surface area (Å²) >= 11 is 0. The van der Waals surface area contributed by atoms with Crippen LogP contribution in [0, 0.1) is 0 Å². The van der Waals surface area contributed by atoms with Crippen LogP contribution in [0.1, 0.15) is 22.3 Å². The van der Waals surface area contributed by atoms with E-state index in [0.29, 0.717) is 0 Å². The zero-order chi connectivity index (χ0) is 34.0. The van der Waals surface area contributed by atoms with Crippen LogP contribution >= 0.6 is 0 Å². The number of para-hydroxylation sites is 2. The second-order valence-electron chi connectivity index (χ2n) is 14.2. The Morgan fingerprint density at radius 2 is 0.942 bits per heavy atom. The minimum atomic E-state index is -0.512. The number of fused-ring (bicyclic) bond motifs is 15. The van der Waals surface area contributed by atoms with Crippen molar-refractivity contribution in [2.24, 2.45) is 0 Å². The first-order chi connectivity index (χ1) is 25.8. The smallest absolute Gasteiger partial charge is 0.145 e. The summed E-state index contributed by atoms with van der Waals surface area (Å²) < 4.78 is 2.41. The van der Waals surface area contributed by atoms with Crippen molar-refractivity contribution < 1.29 is 0 Å². The van der Waals surface area contributed by atoms with E-state index in [4.69, 9.17) is 4.98 Å². The predicted octanol–water partition coefficient (Wildman–Crippen LogP) is 12.5. The zero-order valence-corrected chi connectivity index (χ0v) is 28.2. The Morgan fingerprint density at radius 1 is 0.365 bits per heavy atom. The Balaban J connectivity index is 1.17. The van der Waals surface area contributed by atoms with Gasteiger partial charge in [-0.25, -0.2) is 4.98 Å². The molecule has 12 rings (SSSR count). The van der Waals surface area contributed by atoms with Crippen molar-refractivity contribution in [3.63, 3.8) is 0 Å². The summed E-state index contributed by atoms with van der Waals surface area (Å²) in [5.41, 5.74) is 14.2. The van der Waals surface area contributed by atoms with Crippen molar-refractivity contribution in [3.8, 4) is 39.3 Å². The van der Waals surface area contributed by atoms with Crippen molar-refractivity contribution >= 4 is 43.4 Å². The molecule has 0 bridgehead atoms. The molecule has 1 unspecified atom stereocenters. The van der Waals surface area contributed by atoms with Crippen molar-refractivity contribution in [2.75, 3.05) is 0 Å². The summed E-state index contributed by atoms with van der Waals surface area (Å²) in [6.07, 6.45) is 0. The zero-order valence-electron chi connectivity index (χ0n) is 28.2. The van der Waals surface area contributed by atoms with Crippen LogP contribution in [0.3, 0.4) is 0 Å². The molecule has 1 aromatic heterocycles. The first-order valence-electron chi connectivity index (χ1n) is 18.1. The van der Waals surface area contributed by atoms with Gasteiger partial charge in [0.15, 0.2) is 0 Å². The molecule has 0 fully saturated rings. The number of hydrogen-bond donors (Lipinski definition) is 0. The SMILES string of the molecule is c1ccc(-c2nc3cccc4c3n2-c2ccccc2C42c3ccccc3-c3ccc(-c4ccc5c6ccccc6c6ccccc6c5c4)cc32)cc1. The van der Waals surface area contributed by atoms with Crippen LogP contribution < -0.4 is 0 Å². The predicted molar refractivity (Wildman–Crippen MR) is 215 cm³/mol. The van der Waals surface area contributed by atoms with Gasteiger partial charge in [0, 0.05) is 5.56 Å². The van der Waals surface area contributed by atoms with Crippen LogP contribution in [0.4, 0.5) is 0 Å². The van der Waals surface area contributed by atoms with Gasteiger partial charge in [-0.1, -0.05) is 158 Å². The fourth-order valence-corrected chi connectivity index (χ4v) is 9.70. The van der Waals surface area contributed by atoms with Gasteiger partial charge in [-0.2, -0.15) is 0 Å². The third-order valence-electron chi connectivity index (χ3n) is 11.8. The molecule has 0 amide bonds. The van der Waals surface area contributed by atoms with Gasteiger partial charge in [0.05, 0.1) is 22.1 Å². The van der Waals surface area contributed by atoms with Crippen LogP contribution in [0.5, 0.6) is 0 Å².